The molecule has 0 saturated carbocycles. The molecule has 1 aromatic rings. The molecule has 0 bridgehead atoms. The van der Waals surface area contributed by atoms with Crippen LogP contribution in [0.2, 0.25) is 0 Å². The predicted molar refractivity (Wildman–Crippen MR) is 81.3 cm³/mol. The standard InChI is InChI=1S/C13H21N3O4S/c1-9(13(2,3)4)8-15-21(19,20)12-7-10(14)5-6-11(12)16(17)18/h5-7,9,15H,8,14H2,1-4H3. The van der Waals surface area contributed by atoms with Crippen LogP contribution in [0.1, 0.15) is 27.7 Å². The van der Waals surface area contributed by atoms with Gasteiger partial charge in [-0.15, -0.1) is 0 Å². The zero-order valence-electron chi connectivity index (χ0n) is 12.6. The molecule has 3 N–H and O–H groups in total. The van der Waals surface area contributed by atoms with Crippen LogP contribution in [0, 0.1) is 21.4 Å². The second-order valence-corrected chi connectivity index (χ2v) is 7.84. The molecule has 0 radical (unpaired) electrons. The fourth-order valence-electron chi connectivity index (χ4n) is 1.52. The molecule has 1 atom stereocenters. The Bertz CT molecular complexity index is 635. The summed E-state index contributed by atoms with van der Waals surface area (Å²) >= 11 is 0. The smallest absolute Gasteiger partial charge is 0.289 e. The van der Waals surface area contributed by atoms with E-state index in [2.05, 4.69) is 4.72 Å². The molecule has 0 aromatic heterocycles. The third-order valence-electron chi connectivity index (χ3n) is 3.53. The number of nitrogen functional groups attached to an aromatic ring is 1. The van der Waals surface area contributed by atoms with Crippen LogP contribution >= 0.6 is 0 Å². The molecule has 118 valence electrons. The number of rotatable bonds is 5. The maximum atomic E-state index is 12.3. The molecule has 0 fully saturated rings. The monoisotopic (exact) mass is 315 g/mol. The highest BCUT2D eigenvalue weighted by atomic mass is 32.2. The Labute approximate surface area is 124 Å². The van der Waals surface area contributed by atoms with Gasteiger partial charge in [0.2, 0.25) is 10.0 Å². The van der Waals surface area contributed by atoms with Crippen molar-refractivity contribution in [3.8, 4) is 0 Å². The third kappa shape index (κ3) is 4.40. The highest BCUT2D eigenvalue weighted by Gasteiger charge is 2.28. The summed E-state index contributed by atoms with van der Waals surface area (Å²) in [5.41, 5.74) is 5.13. The maximum Gasteiger partial charge on any atom is 0.289 e. The van der Waals surface area contributed by atoms with E-state index < -0.39 is 25.5 Å². The first-order valence-electron chi connectivity index (χ1n) is 6.48. The molecule has 8 heteroatoms. The van der Waals surface area contributed by atoms with Gasteiger partial charge >= 0.3 is 0 Å². The summed E-state index contributed by atoms with van der Waals surface area (Å²) in [6.45, 7) is 8.09. The number of hydrogen-bond donors (Lipinski definition) is 2. The van der Waals surface area contributed by atoms with E-state index in [-0.39, 0.29) is 23.6 Å². The lowest BCUT2D eigenvalue weighted by atomic mass is 9.82. The van der Waals surface area contributed by atoms with Gasteiger partial charge in [-0.25, -0.2) is 13.1 Å². The first-order chi connectivity index (χ1) is 9.45. The average Bonchev–Trinajstić information content (AvgIpc) is 2.34. The van der Waals surface area contributed by atoms with Gasteiger partial charge in [0, 0.05) is 18.3 Å². The van der Waals surface area contributed by atoms with Crippen molar-refractivity contribution in [2.75, 3.05) is 12.3 Å². The predicted octanol–water partition coefficient (Wildman–Crippen LogP) is 2.14. The van der Waals surface area contributed by atoms with Gasteiger partial charge < -0.3 is 5.73 Å². The summed E-state index contributed by atoms with van der Waals surface area (Å²) in [4.78, 5) is 9.81. The molecule has 0 aliphatic carbocycles. The Morgan fingerprint density at radius 1 is 1.38 bits per heavy atom. The van der Waals surface area contributed by atoms with Crippen molar-refractivity contribution in [1.82, 2.24) is 4.72 Å². The number of hydrogen-bond acceptors (Lipinski definition) is 5. The van der Waals surface area contributed by atoms with Crippen molar-refractivity contribution in [3.63, 3.8) is 0 Å². The van der Waals surface area contributed by atoms with Crippen LogP contribution in [0.25, 0.3) is 0 Å². The van der Waals surface area contributed by atoms with Crippen molar-refractivity contribution in [3.05, 3.63) is 28.3 Å². The summed E-state index contributed by atoms with van der Waals surface area (Å²) < 4.78 is 27.0. The number of sulfonamides is 1. The van der Waals surface area contributed by atoms with E-state index in [9.17, 15) is 18.5 Å². The summed E-state index contributed by atoms with van der Waals surface area (Å²) in [5, 5.41) is 10.9. The van der Waals surface area contributed by atoms with Gasteiger partial charge in [-0.05, 0) is 23.5 Å². The largest absolute Gasteiger partial charge is 0.399 e. The van der Waals surface area contributed by atoms with Crippen LogP contribution < -0.4 is 10.5 Å². The lowest BCUT2D eigenvalue weighted by Gasteiger charge is -2.27. The Balaban J connectivity index is 3.09. The molecule has 0 aliphatic rings. The van der Waals surface area contributed by atoms with Crippen molar-refractivity contribution >= 4 is 21.4 Å². The molecule has 0 spiro atoms. The van der Waals surface area contributed by atoms with Crippen molar-refractivity contribution in [2.45, 2.75) is 32.6 Å². The summed E-state index contributed by atoms with van der Waals surface area (Å²) in [6.07, 6.45) is 0. The van der Waals surface area contributed by atoms with E-state index in [0.29, 0.717) is 0 Å². The number of anilines is 1. The van der Waals surface area contributed by atoms with Crippen LogP contribution in [0.15, 0.2) is 23.1 Å². The molecule has 0 heterocycles. The minimum atomic E-state index is -3.99. The average molecular weight is 315 g/mol. The van der Waals surface area contributed by atoms with Gasteiger partial charge in [0.05, 0.1) is 4.92 Å². The fraction of sp³-hybridized carbons (Fsp3) is 0.538. The fourth-order valence-corrected chi connectivity index (χ4v) is 2.85. The van der Waals surface area contributed by atoms with E-state index in [4.69, 9.17) is 5.73 Å². The molecular formula is C13H21N3O4S. The molecule has 0 saturated heterocycles. The molecule has 1 unspecified atom stereocenters. The molecular weight excluding hydrogens is 294 g/mol. The van der Waals surface area contributed by atoms with Crippen molar-refractivity contribution < 1.29 is 13.3 Å². The number of benzene rings is 1. The Morgan fingerprint density at radius 2 is 1.95 bits per heavy atom. The Morgan fingerprint density at radius 3 is 2.43 bits per heavy atom. The van der Waals surface area contributed by atoms with Gasteiger partial charge in [-0.3, -0.25) is 10.1 Å². The first-order valence-corrected chi connectivity index (χ1v) is 7.97. The highest BCUT2D eigenvalue weighted by molar-refractivity contribution is 7.89. The normalized spacial score (nSPS) is 13.9. The molecule has 0 aliphatic heterocycles. The molecule has 7 nitrogen and oxygen atoms in total. The van der Waals surface area contributed by atoms with Gasteiger partial charge in [0.25, 0.3) is 5.69 Å². The highest BCUT2D eigenvalue weighted by Crippen LogP contribution is 2.28. The maximum absolute atomic E-state index is 12.3. The van der Waals surface area contributed by atoms with E-state index in [0.717, 1.165) is 12.1 Å². The topological polar surface area (TPSA) is 115 Å². The van der Waals surface area contributed by atoms with E-state index in [1.54, 1.807) is 0 Å². The van der Waals surface area contributed by atoms with E-state index >= 15 is 0 Å². The number of nitro benzene ring substituents is 1. The SMILES string of the molecule is CC(CNS(=O)(=O)c1cc(N)ccc1[N+](=O)[O-])C(C)(C)C. The van der Waals surface area contributed by atoms with Gasteiger partial charge in [0.1, 0.15) is 0 Å². The van der Waals surface area contributed by atoms with Crippen LogP contribution in [0.3, 0.4) is 0 Å². The summed E-state index contributed by atoms with van der Waals surface area (Å²) in [7, 11) is -3.99. The van der Waals surface area contributed by atoms with Gasteiger partial charge in [-0.1, -0.05) is 27.7 Å². The number of nitrogens with one attached hydrogen (secondary N) is 1. The number of nitrogens with two attached hydrogens (primary N) is 1. The quantitative estimate of drug-likeness (QED) is 0.490. The molecule has 1 rings (SSSR count). The second-order valence-electron chi connectivity index (χ2n) is 6.10. The Kier molecular flexibility index (Phi) is 4.95. The molecule has 21 heavy (non-hydrogen) atoms. The van der Waals surface area contributed by atoms with Crippen LogP contribution in [-0.2, 0) is 10.0 Å². The zero-order valence-corrected chi connectivity index (χ0v) is 13.4. The van der Waals surface area contributed by atoms with Crippen LogP contribution in [0.4, 0.5) is 11.4 Å². The minimum Gasteiger partial charge on any atom is -0.399 e. The van der Waals surface area contributed by atoms with Crippen molar-refractivity contribution in [1.29, 1.82) is 0 Å². The van der Waals surface area contributed by atoms with E-state index in [1.807, 2.05) is 27.7 Å². The van der Waals surface area contributed by atoms with E-state index in [1.165, 1.54) is 6.07 Å². The van der Waals surface area contributed by atoms with Gasteiger partial charge in [0.15, 0.2) is 4.90 Å². The summed E-state index contributed by atoms with van der Waals surface area (Å²) in [5.74, 6) is 0.0624. The summed E-state index contributed by atoms with van der Waals surface area (Å²) in [6, 6.07) is 3.49. The Hall–Kier alpha value is -1.67. The lowest BCUT2D eigenvalue weighted by Crippen LogP contribution is -2.34. The molecule has 1 aromatic carbocycles. The second kappa shape index (κ2) is 5.98. The van der Waals surface area contributed by atoms with Gasteiger partial charge in [-0.2, -0.15) is 0 Å². The first kappa shape index (κ1) is 17.4. The number of nitrogens with zero attached hydrogens (tertiary/aromatic N) is 1. The van der Waals surface area contributed by atoms with Crippen LogP contribution in [0.5, 0.6) is 0 Å². The van der Waals surface area contributed by atoms with Crippen molar-refractivity contribution in [2.24, 2.45) is 11.3 Å². The molecule has 0 amide bonds. The lowest BCUT2D eigenvalue weighted by molar-refractivity contribution is -0.387. The zero-order chi connectivity index (χ0) is 16.4. The number of nitro groups is 1. The third-order valence-corrected chi connectivity index (χ3v) is 4.98. The van der Waals surface area contributed by atoms with Crippen LogP contribution in [-0.4, -0.2) is 19.9 Å². The minimum absolute atomic E-state index is 0.0624.